The number of phenols is 2. The highest BCUT2D eigenvalue weighted by Crippen LogP contribution is 2.50. The Morgan fingerprint density at radius 3 is 1.91 bits per heavy atom. The first-order chi connectivity index (χ1) is 28.0. The third kappa shape index (κ3) is 9.09. The van der Waals surface area contributed by atoms with Gasteiger partial charge in [-0.2, -0.15) is 0 Å². The van der Waals surface area contributed by atoms with Crippen LogP contribution in [0.2, 0.25) is 0 Å². The maximum atomic E-state index is 12.6. The fourth-order valence-corrected chi connectivity index (χ4v) is 6.65. The highest BCUT2D eigenvalue weighted by atomic mass is 32.1. The lowest BCUT2D eigenvalue weighted by Crippen LogP contribution is -2.28. The fraction of sp³-hybridized carbons (Fsp3) is 0.0909. The van der Waals surface area contributed by atoms with Gasteiger partial charge in [0, 0.05) is 53.5 Å². The van der Waals surface area contributed by atoms with Crippen molar-refractivity contribution in [1.29, 1.82) is 0 Å². The van der Waals surface area contributed by atoms with Gasteiger partial charge in [0.25, 0.3) is 5.91 Å². The normalized spacial score (nSPS) is 11.6. The number of para-hydroxylation sites is 2. The highest BCUT2D eigenvalue weighted by Gasteiger charge is 2.32. The molecule has 0 spiro atoms. The molecule has 2 amide bonds. The van der Waals surface area contributed by atoms with E-state index in [1.165, 1.54) is 30.3 Å². The molecule has 0 radical (unpaired) electrons. The summed E-state index contributed by atoms with van der Waals surface area (Å²) >= 11 is 5.51. The topological polar surface area (TPSA) is 204 Å². The number of rotatable bonds is 11. The number of carboxylic acids is 1. The van der Waals surface area contributed by atoms with Crippen LogP contribution in [-0.4, -0.2) is 38.4 Å². The molecule has 0 fully saturated rings. The first-order valence-electron chi connectivity index (χ1n) is 18.0. The van der Waals surface area contributed by atoms with Gasteiger partial charge in [-0.05, 0) is 83.0 Å². The molecule has 6 aromatic carbocycles. The monoisotopic (exact) mass is 795 g/mol. The number of aromatic hydroxyl groups is 2. The van der Waals surface area contributed by atoms with E-state index >= 15 is 0 Å². The quantitative estimate of drug-likeness (QED) is 0.0466. The van der Waals surface area contributed by atoms with Gasteiger partial charge < -0.3 is 51.8 Å². The molecule has 9 N–H and O–H groups in total. The minimum atomic E-state index is -1.14. The van der Waals surface area contributed by atoms with Crippen LogP contribution in [0.25, 0.3) is 0 Å². The molecule has 1 aliphatic rings. The molecule has 1 heterocycles. The van der Waals surface area contributed by atoms with Crippen LogP contribution in [0.15, 0.2) is 127 Å². The minimum Gasteiger partial charge on any atom is -0.508 e. The van der Waals surface area contributed by atoms with Crippen LogP contribution in [0.4, 0.5) is 21.9 Å². The van der Waals surface area contributed by atoms with Gasteiger partial charge in [0.2, 0.25) is 0 Å². The molecular weight excluding hydrogens is 759 g/mol. The highest BCUT2D eigenvalue weighted by molar-refractivity contribution is 7.80. The van der Waals surface area contributed by atoms with Crippen LogP contribution in [-0.2, 0) is 24.4 Å². The van der Waals surface area contributed by atoms with Crippen molar-refractivity contribution < 1.29 is 39.2 Å². The van der Waals surface area contributed by atoms with Crippen molar-refractivity contribution in [3.63, 3.8) is 0 Å². The first kappa shape index (κ1) is 38.7. The number of carbonyl (C=O) groups is 3. The lowest BCUT2D eigenvalue weighted by Gasteiger charge is -2.30. The molecule has 0 bridgehead atoms. The fourth-order valence-electron chi connectivity index (χ4n) is 6.46. The van der Waals surface area contributed by atoms with Crippen molar-refractivity contribution in [2.75, 3.05) is 16.4 Å². The number of amides is 2. The number of alkyl carbamates (subject to hydrolysis) is 1. The van der Waals surface area contributed by atoms with Crippen molar-refractivity contribution in [2.24, 2.45) is 0 Å². The summed E-state index contributed by atoms with van der Waals surface area (Å²) in [5.74, 6) is -1.31. The van der Waals surface area contributed by atoms with E-state index in [1.807, 2.05) is 24.3 Å². The van der Waals surface area contributed by atoms with Gasteiger partial charge in [-0.15, -0.1) is 0 Å². The van der Waals surface area contributed by atoms with Crippen LogP contribution in [0, 0.1) is 0 Å². The third-order valence-corrected chi connectivity index (χ3v) is 9.64. The Bertz CT molecular complexity index is 2480. The molecule has 0 aliphatic carbocycles. The molecule has 0 aromatic heterocycles. The molecule has 7 rings (SSSR count). The average molecular weight is 796 g/mol. The smallest absolute Gasteiger partial charge is 0.407 e. The zero-order valence-corrected chi connectivity index (χ0v) is 31.5. The zero-order chi connectivity index (χ0) is 40.8. The Morgan fingerprint density at radius 2 is 1.28 bits per heavy atom. The van der Waals surface area contributed by atoms with E-state index in [2.05, 4.69) is 21.3 Å². The Labute approximate surface area is 338 Å². The molecule has 0 saturated carbocycles. The van der Waals surface area contributed by atoms with Gasteiger partial charge in [0.1, 0.15) is 29.6 Å². The van der Waals surface area contributed by atoms with E-state index in [9.17, 15) is 29.7 Å². The second-order valence-electron chi connectivity index (χ2n) is 13.4. The van der Waals surface area contributed by atoms with Gasteiger partial charge >= 0.3 is 12.1 Å². The summed E-state index contributed by atoms with van der Waals surface area (Å²) < 4.78 is 11.3. The number of carbonyl (C=O) groups excluding carboxylic acids is 2. The maximum absolute atomic E-state index is 12.6. The number of hydrogen-bond donors (Lipinski definition) is 8. The number of ether oxygens (including phenoxy) is 2. The van der Waals surface area contributed by atoms with Gasteiger partial charge in [0.05, 0.1) is 16.9 Å². The van der Waals surface area contributed by atoms with Crippen molar-refractivity contribution in [3.05, 3.63) is 172 Å². The molecule has 14 heteroatoms. The van der Waals surface area contributed by atoms with Gasteiger partial charge in [-0.25, -0.2) is 9.59 Å². The maximum Gasteiger partial charge on any atom is 0.407 e. The summed E-state index contributed by atoms with van der Waals surface area (Å²) in [7, 11) is 0. The lowest BCUT2D eigenvalue weighted by molar-refractivity contribution is 0.0695. The van der Waals surface area contributed by atoms with Crippen molar-refractivity contribution >= 4 is 52.4 Å². The third-order valence-electron chi connectivity index (χ3n) is 9.40. The SMILES string of the molecule is Nc1ccccc1NC(=O)c1ccc(CNC(=O)OCc2ccc(CNC(=S)Nc3ccc(C4c5ccc(O)cc5Oc5cc(O)ccc54)c(C(=O)O)c3)cc2)cc1. The van der Waals surface area contributed by atoms with Crippen LogP contribution in [0.5, 0.6) is 23.0 Å². The lowest BCUT2D eigenvalue weighted by atomic mass is 9.80. The van der Waals surface area contributed by atoms with E-state index < -0.39 is 18.0 Å². The number of phenolic OH excluding ortho intramolecular Hbond substituents is 2. The Hall–Kier alpha value is -7.58. The number of aromatic carboxylic acids is 1. The second-order valence-corrected chi connectivity index (χ2v) is 13.8. The Balaban J connectivity index is 0.891. The largest absolute Gasteiger partial charge is 0.508 e. The summed E-state index contributed by atoms with van der Waals surface area (Å²) in [5.41, 5.74) is 12.1. The van der Waals surface area contributed by atoms with E-state index in [4.69, 9.17) is 27.4 Å². The van der Waals surface area contributed by atoms with Gasteiger partial charge in [-0.3, -0.25) is 4.79 Å². The second kappa shape index (κ2) is 17.1. The zero-order valence-electron chi connectivity index (χ0n) is 30.7. The van der Waals surface area contributed by atoms with Crippen molar-refractivity contribution in [2.45, 2.75) is 25.6 Å². The number of nitrogen functional groups attached to an aromatic ring is 1. The average Bonchev–Trinajstić information content (AvgIpc) is 3.21. The molecule has 6 aromatic rings. The number of thiocarbonyl (C=S) groups is 1. The molecule has 0 saturated heterocycles. The van der Waals surface area contributed by atoms with E-state index in [0.29, 0.717) is 57.4 Å². The Kier molecular flexibility index (Phi) is 11.4. The molecule has 292 valence electrons. The van der Waals surface area contributed by atoms with Crippen molar-refractivity contribution in [3.8, 4) is 23.0 Å². The standard InChI is InChI=1S/C44H37N5O8S/c45-36-3-1-2-4-37(36)49-41(52)28-11-9-26(10-12-28)23-47-44(55)56-24-27-7-5-25(6-8-27)22-46-43(58)48-29-13-16-32(35(19-29)42(53)54)40-33-17-14-30(50)20-38(33)57-39-21-31(51)15-18-34(39)40/h1-21,40,50-51H,22-24,45H2,(H,47,55)(H,49,52)(H,53,54)(H2,46,48,58). The summed E-state index contributed by atoms with van der Waals surface area (Å²) in [6.07, 6.45) is -0.592. The van der Waals surface area contributed by atoms with Gasteiger partial charge in [-0.1, -0.05) is 66.7 Å². The molecule has 0 atom stereocenters. The number of fused-ring (bicyclic) bond motifs is 2. The van der Waals surface area contributed by atoms with E-state index in [1.54, 1.807) is 72.8 Å². The predicted molar refractivity (Wildman–Crippen MR) is 222 cm³/mol. The summed E-state index contributed by atoms with van der Waals surface area (Å²) in [5, 5.41) is 42.4. The minimum absolute atomic E-state index is 0.0119. The number of hydrogen-bond acceptors (Lipinski definition) is 9. The first-order valence-corrected chi connectivity index (χ1v) is 18.4. The molecule has 58 heavy (non-hydrogen) atoms. The van der Waals surface area contributed by atoms with Crippen LogP contribution in [0.3, 0.4) is 0 Å². The van der Waals surface area contributed by atoms with Crippen LogP contribution >= 0.6 is 12.2 Å². The summed E-state index contributed by atoms with van der Waals surface area (Å²) in [6, 6.07) is 35.5. The number of carboxylic acid groups (broad SMARTS) is 1. The van der Waals surface area contributed by atoms with Crippen molar-refractivity contribution in [1.82, 2.24) is 10.6 Å². The molecular formula is C44H37N5O8S. The number of nitrogens with two attached hydrogens (primary N) is 1. The molecule has 0 unspecified atom stereocenters. The van der Waals surface area contributed by atoms with Crippen LogP contribution < -0.4 is 31.7 Å². The Morgan fingerprint density at radius 1 is 0.690 bits per heavy atom. The summed E-state index contributed by atoms with van der Waals surface area (Å²) in [6.45, 7) is 0.635. The number of nitrogens with one attached hydrogen (secondary N) is 4. The van der Waals surface area contributed by atoms with Gasteiger partial charge in [0.15, 0.2) is 5.11 Å². The molecule has 1 aliphatic heterocycles. The number of anilines is 3. The molecule has 13 nitrogen and oxygen atoms in total. The number of benzene rings is 6. The summed E-state index contributed by atoms with van der Waals surface area (Å²) in [4.78, 5) is 37.5. The van der Waals surface area contributed by atoms with Crippen LogP contribution in [0.1, 0.15) is 60.0 Å². The van der Waals surface area contributed by atoms with E-state index in [0.717, 1.165) is 16.7 Å². The van der Waals surface area contributed by atoms with E-state index in [-0.39, 0.29) is 41.2 Å². The predicted octanol–water partition coefficient (Wildman–Crippen LogP) is 7.83.